The van der Waals surface area contributed by atoms with Crippen molar-refractivity contribution in [2.45, 2.75) is 19.5 Å². The Balaban J connectivity index is 1.55. The number of halogens is 3. The number of amides is 1. The van der Waals surface area contributed by atoms with E-state index in [0.717, 1.165) is 0 Å². The van der Waals surface area contributed by atoms with Crippen molar-refractivity contribution < 1.29 is 9.18 Å². The molecule has 0 unspecified atom stereocenters. The summed E-state index contributed by atoms with van der Waals surface area (Å²) in [5, 5.41) is 11.6. The van der Waals surface area contributed by atoms with Crippen LogP contribution in [0.5, 0.6) is 0 Å². The lowest BCUT2D eigenvalue weighted by Gasteiger charge is -2.04. The third kappa shape index (κ3) is 4.77. The highest BCUT2D eigenvalue weighted by atomic mass is 35.5. The Labute approximate surface area is 152 Å². The van der Waals surface area contributed by atoms with Gasteiger partial charge in [-0.1, -0.05) is 29.3 Å². The highest BCUT2D eigenvalue weighted by Gasteiger charge is 2.09. The Morgan fingerprint density at radius 2 is 2.12 bits per heavy atom. The molecule has 0 aliphatic heterocycles. The van der Waals surface area contributed by atoms with Crippen LogP contribution in [0.4, 0.5) is 10.3 Å². The predicted octanol–water partition coefficient (Wildman–Crippen LogP) is 3.00. The van der Waals surface area contributed by atoms with Crippen molar-refractivity contribution >= 4 is 35.1 Å². The molecule has 7 nitrogen and oxygen atoms in total. The number of aromatic nitrogens is 5. The van der Waals surface area contributed by atoms with E-state index < -0.39 is 5.82 Å². The van der Waals surface area contributed by atoms with Crippen molar-refractivity contribution in [1.82, 2.24) is 24.5 Å². The maximum Gasteiger partial charge on any atom is 0.248 e. The summed E-state index contributed by atoms with van der Waals surface area (Å²) in [6, 6.07) is 4.13. The average molecular weight is 383 g/mol. The molecule has 3 aromatic rings. The number of carbonyl (C=O) groups is 1. The highest BCUT2D eigenvalue weighted by molar-refractivity contribution is 6.31. The molecule has 1 aromatic carbocycles. The topological polar surface area (TPSA) is 77.6 Å². The molecule has 1 amide bonds. The Morgan fingerprint density at radius 3 is 2.84 bits per heavy atom. The molecule has 1 N–H and O–H groups in total. The van der Waals surface area contributed by atoms with Gasteiger partial charge in [0.15, 0.2) is 0 Å². The van der Waals surface area contributed by atoms with Gasteiger partial charge in [0.2, 0.25) is 11.9 Å². The van der Waals surface area contributed by atoms with E-state index in [1.807, 2.05) is 0 Å². The number of hydrogen-bond donors (Lipinski definition) is 1. The number of hydrogen-bond acceptors (Lipinski definition) is 4. The Kier molecular flexibility index (Phi) is 5.30. The van der Waals surface area contributed by atoms with Crippen LogP contribution < -0.4 is 5.32 Å². The van der Waals surface area contributed by atoms with Gasteiger partial charge in [-0.05, 0) is 17.7 Å². The van der Waals surface area contributed by atoms with Gasteiger partial charge < -0.3 is 0 Å². The predicted molar refractivity (Wildman–Crippen MR) is 91.0 cm³/mol. The van der Waals surface area contributed by atoms with E-state index in [1.54, 1.807) is 16.9 Å². The molecular weight excluding hydrogens is 370 g/mol. The Morgan fingerprint density at radius 1 is 1.28 bits per heavy atom. The first-order chi connectivity index (χ1) is 12.0. The SMILES string of the molecule is O=C(CCn1cc(Cl)cn1)Nc1ncn(Cc2ccc(F)cc2Cl)n1. The minimum atomic E-state index is -0.404. The van der Waals surface area contributed by atoms with E-state index in [9.17, 15) is 9.18 Å². The zero-order valence-electron chi connectivity index (χ0n) is 12.9. The maximum atomic E-state index is 13.1. The van der Waals surface area contributed by atoms with E-state index >= 15 is 0 Å². The van der Waals surface area contributed by atoms with E-state index in [1.165, 1.54) is 29.3 Å². The first-order valence-corrected chi connectivity index (χ1v) is 8.06. The molecule has 0 aliphatic carbocycles. The Hall–Kier alpha value is -2.45. The molecule has 10 heteroatoms. The first-order valence-electron chi connectivity index (χ1n) is 7.31. The summed E-state index contributed by atoms with van der Waals surface area (Å²) in [7, 11) is 0. The number of rotatable bonds is 6. The molecule has 0 spiro atoms. The van der Waals surface area contributed by atoms with Crippen molar-refractivity contribution in [2.75, 3.05) is 5.32 Å². The van der Waals surface area contributed by atoms with Gasteiger partial charge in [0.1, 0.15) is 12.1 Å². The lowest BCUT2D eigenvalue weighted by atomic mass is 10.2. The van der Waals surface area contributed by atoms with Crippen LogP contribution in [0.15, 0.2) is 36.9 Å². The van der Waals surface area contributed by atoms with Crippen molar-refractivity contribution in [3.8, 4) is 0 Å². The van der Waals surface area contributed by atoms with Gasteiger partial charge in [-0.25, -0.2) is 14.1 Å². The largest absolute Gasteiger partial charge is 0.293 e. The molecule has 0 atom stereocenters. The standard InChI is InChI=1S/C15H13Cl2FN6O/c16-11-6-20-23(8-11)4-3-14(25)21-15-19-9-24(22-15)7-10-1-2-12(18)5-13(10)17/h1-2,5-6,8-9H,3-4,7H2,(H,21,22,25). The molecule has 130 valence electrons. The second-order valence-corrected chi connectivity index (χ2v) is 6.06. The number of aryl methyl sites for hydroxylation is 1. The zero-order valence-corrected chi connectivity index (χ0v) is 14.4. The third-order valence-electron chi connectivity index (χ3n) is 3.30. The van der Waals surface area contributed by atoms with Gasteiger partial charge in [-0.15, -0.1) is 5.10 Å². The number of anilines is 1. The van der Waals surface area contributed by atoms with Crippen LogP contribution in [0.1, 0.15) is 12.0 Å². The molecule has 0 radical (unpaired) electrons. The van der Waals surface area contributed by atoms with Crippen LogP contribution in [0.3, 0.4) is 0 Å². The Bertz CT molecular complexity index is 894. The molecule has 0 saturated heterocycles. The molecule has 2 heterocycles. The van der Waals surface area contributed by atoms with Crippen molar-refractivity contribution in [3.05, 3.63) is 58.3 Å². The van der Waals surface area contributed by atoms with Crippen LogP contribution in [0.25, 0.3) is 0 Å². The lowest BCUT2D eigenvalue weighted by molar-refractivity contribution is -0.116. The van der Waals surface area contributed by atoms with Gasteiger partial charge in [0.05, 0.1) is 17.8 Å². The second-order valence-electron chi connectivity index (χ2n) is 5.22. The summed E-state index contributed by atoms with van der Waals surface area (Å²) in [6.07, 6.45) is 4.80. The van der Waals surface area contributed by atoms with Gasteiger partial charge in [0, 0.05) is 24.2 Å². The molecular formula is C15H13Cl2FN6O. The number of benzene rings is 1. The molecule has 25 heavy (non-hydrogen) atoms. The van der Waals surface area contributed by atoms with Crippen molar-refractivity contribution in [2.24, 2.45) is 0 Å². The molecule has 0 aliphatic rings. The van der Waals surface area contributed by atoms with Gasteiger partial charge in [0.25, 0.3) is 0 Å². The molecule has 2 aromatic heterocycles. The summed E-state index contributed by atoms with van der Waals surface area (Å²) in [5.74, 6) is -0.468. The summed E-state index contributed by atoms with van der Waals surface area (Å²) < 4.78 is 16.1. The van der Waals surface area contributed by atoms with Crippen molar-refractivity contribution in [3.63, 3.8) is 0 Å². The minimum absolute atomic E-state index is 0.182. The number of carbonyl (C=O) groups excluding carboxylic acids is 1. The summed E-state index contributed by atoms with van der Waals surface area (Å²) >= 11 is 11.7. The van der Waals surface area contributed by atoms with Crippen molar-refractivity contribution in [1.29, 1.82) is 0 Å². The normalized spacial score (nSPS) is 10.8. The molecule has 0 saturated carbocycles. The van der Waals surface area contributed by atoms with Gasteiger partial charge in [-0.2, -0.15) is 5.10 Å². The zero-order chi connectivity index (χ0) is 17.8. The smallest absolute Gasteiger partial charge is 0.248 e. The quantitative estimate of drug-likeness (QED) is 0.710. The fourth-order valence-corrected chi connectivity index (χ4v) is 2.50. The number of nitrogens with one attached hydrogen (secondary N) is 1. The minimum Gasteiger partial charge on any atom is -0.293 e. The fourth-order valence-electron chi connectivity index (χ4n) is 2.12. The van der Waals surface area contributed by atoms with E-state index in [4.69, 9.17) is 23.2 Å². The maximum absolute atomic E-state index is 13.1. The van der Waals surface area contributed by atoms with Crippen LogP contribution in [0.2, 0.25) is 10.0 Å². The van der Waals surface area contributed by atoms with E-state index in [0.29, 0.717) is 28.7 Å². The van der Waals surface area contributed by atoms with Crippen LogP contribution in [0, 0.1) is 5.82 Å². The van der Waals surface area contributed by atoms with Crippen LogP contribution in [-0.2, 0) is 17.9 Å². The van der Waals surface area contributed by atoms with Gasteiger partial charge in [-0.3, -0.25) is 14.8 Å². The first kappa shape index (κ1) is 17.4. The lowest BCUT2D eigenvalue weighted by Crippen LogP contribution is -2.16. The van der Waals surface area contributed by atoms with Crippen LogP contribution >= 0.6 is 23.2 Å². The van der Waals surface area contributed by atoms with E-state index in [2.05, 4.69) is 20.5 Å². The fraction of sp³-hybridized carbons (Fsp3) is 0.200. The molecule has 3 rings (SSSR count). The highest BCUT2D eigenvalue weighted by Crippen LogP contribution is 2.18. The summed E-state index contributed by atoms with van der Waals surface area (Å²) in [4.78, 5) is 15.9. The second kappa shape index (κ2) is 7.62. The summed E-state index contributed by atoms with van der Waals surface area (Å²) in [5.41, 5.74) is 0.696. The van der Waals surface area contributed by atoms with Crippen LogP contribution in [-0.4, -0.2) is 30.5 Å². The number of nitrogens with zero attached hydrogens (tertiary/aromatic N) is 5. The van der Waals surface area contributed by atoms with E-state index in [-0.39, 0.29) is 18.3 Å². The molecule has 0 bridgehead atoms. The monoisotopic (exact) mass is 382 g/mol. The average Bonchev–Trinajstić information content (AvgIpc) is 3.17. The molecule has 0 fully saturated rings. The van der Waals surface area contributed by atoms with Gasteiger partial charge >= 0.3 is 0 Å². The summed E-state index contributed by atoms with van der Waals surface area (Å²) in [6.45, 7) is 0.707. The third-order valence-corrected chi connectivity index (χ3v) is 3.85.